The average molecular weight is 317 g/mol. The maximum absolute atomic E-state index is 12.1. The second-order valence-corrected chi connectivity index (χ2v) is 5.41. The van der Waals surface area contributed by atoms with Crippen molar-refractivity contribution < 1.29 is 9.72 Å². The molecule has 0 saturated carbocycles. The third kappa shape index (κ3) is 2.61. The fraction of sp³-hybridized carbons (Fsp3) is 0.0769. The molecule has 0 unspecified atom stereocenters. The van der Waals surface area contributed by atoms with E-state index in [-0.39, 0.29) is 23.5 Å². The number of nitrogens with two attached hydrogens (primary N) is 1. The Labute approximate surface area is 128 Å². The van der Waals surface area contributed by atoms with Gasteiger partial charge in [-0.1, -0.05) is 0 Å². The third-order valence-electron chi connectivity index (χ3n) is 3.06. The molecule has 0 aliphatic heterocycles. The van der Waals surface area contributed by atoms with Gasteiger partial charge in [0, 0.05) is 29.4 Å². The number of hydrogen-bond acceptors (Lipinski definition) is 6. The van der Waals surface area contributed by atoms with Crippen LogP contribution in [-0.4, -0.2) is 20.2 Å². The van der Waals surface area contributed by atoms with Gasteiger partial charge in [0.25, 0.3) is 11.6 Å². The molecule has 0 bridgehead atoms. The molecule has 0 saturated heterocycles. The van der Waals surface area contributed by atoms with Crippen LogP contribution in [0, 0.1) is 10.1 Å². The van der Waals surface area contributed by atoms with Gasteiger partial charge in [0.1, 0.15) is 5.69 Å². The molecule has 0 atom stereocenters. The highest BCUT2D eigenvalue weighted by atomic mass is 32.1. The largest absolute Gasteiger partial charge is 0.393 e. The SMILES string of the molecule is Nc1ccc(C(=O)NCc2cn3ccsc3n2)cc1[N+](=O)[O-]. The fourth-order valence-corrected chi connectivity index (χ4v) is 2.70. The number of hydrogen-bond donors (Lipinski definition) is 2. The molecule has 0 aliphatic rings. The summed E-state index contributed by atoms with van der Waals surface area (Å²) in [5.41, 5.74) is 6.14. The maximum atomic E-state index is 12.1. The summed E-state index contributed by atoms with van der Waals surface area (Å²) in [7, 11) is 0. The summed E-state index contributed by atoms with van der Waals surface area (Å²) in [6.07, 6.45) is 3.69. The number of nitrogens with zero attached hydrogens (tertiary/aromatic N) is 3. The van der Waals surface area contributed by atoms with E-state index in [1.54, 1.807) is 0 Å². The minimum atomic E-state index is -0.615. The molecule has 22 heavy (non-hydrogen) atoms. The van der Waals surface area contributed by atoms with Gasteiger partial charge in [0.05, 0.1) is 17.2 Å². The number of thiazole rings is 1. The Kier molecular flexibility index (Phi) is 3.47. The van der Waals surface area contributed by atoms with E-state index in [4.69, 9.17) is 5.73 Å². The van der Waals surface area contributed by atoms with Crippen molar-refractivity contribution in [2.24, 2.45) is 0 Å². The Bertz CT molecular complexity index is 841. The summed E-state index contributed by atoms with van der Waals surface area (Å²) in [6.45, 7) is 0.241. The van der Waals surface area contributed by atoms with Crippen LogP contribution < -0.4 is 11.1 Å². The normalized spacial score (nSPS) is 10.7. The zero-order valence-corrected chi connectivity index (χ0v) is 12.0. The Morgan fingerprint density at radius 1 is 1.50 bits per heavy atom. The van der Waals surface area contributed by atoms with Gasteiger partial charge in [-0.15, -0.1) is 11.3 Å². The summed E-state index contributed by atoms with van der Waals surface area (Å²) in [5.74, 6) is -0.417. The second-order valence-electron chi connectivity index (χ2n) is 4.54. The summed E-state index contributed by atoms with van der Waals surface area (Å²) in [4.78, 5) is 27.4. The lowest BCUT2D eigenvalue weighted by Crippen LogP contribution is -2.23. The molecular formula is C13H11N5O3S. The number of fused-ring (bicyclic) bond motifs is 1. The van der Waals surface area contributed by atoms with Crippen LogP contribution in [0.2, 0.25) is 0 Å². The number of anilines is 1. The van der Waals surface area contributed by atoms with Crippen LogP contribution in [0.3, 0.4) is 0 Å². The maximum Gasteiger partial charge on any atom is 0.292 e. The molecule has 3 aromatic rings. The fourth-order valence-electron chi connectivity index (χ4n) is 1.98. The van der Waals surface area contributed by atoms with E-state index in [2.05, 4.69) is 10.3 Å². The first-order valence-electron chi connectivity index (χ1n) is 6.28. The highest BCUT2D eigenvalue weighted by Crippen LogP contribution is 2.22. The van der Waals surface area contributed by atoms with E-state index in [1.807, 2.05) is 22.2 Å². The first-order valence-corrected chi connectivity index (χ1v) is 7.16. The number of nitrogen functional groups attached to an aromatic ring is 1. The van der Waals surface area contributed by atoms with Crippen molar-refractivity contribution in [3.8, 4) is 0 Å². The van der Waals surface area contributed by atoms with Gasteiger partial charge in [0.15, 0.2) is 4.96 Å². The first-order chi connectivity index (χ1) is 10.5. The second kappa shape index (κ2) is 5.45. The molecule has 9 heteroatoms. The lowest BCUT2D eigenvalue weighted by molar-refractivity contribution is -0.383. The molecule has 1 amide bonds. The topological polar surface area (TPSA) is 116 Å². The van der Waals surface area contributed by atoms with Crippen molar-refractivity contribution in [1.29, 1.82) is 0 Å². The van der Waals surface area contributed by atoms with Gasteiger partial charge < -0.3 is 11.1 Å². The Hall–Kier alpha value is -2.94. The van der Waals surface area contributed by atoms with E-state index in [0.717, 1.165) is 11.0 Å². The molecule has 3 N–H and O–H groups in total. The van der Waals surface area contributed by atoms with E-state index in [0.29, 0.717) is 5.69 Å². The van der Waals surface area contributed by atoms with Gasteiger partial charge in [-0.2, -0.15) is 0 Å². The molecule has 3 rings (SSSR count). The molecule has 2 heterocycles. The van der Waals surface area contributed by atoms with Crippen molar-refractivity contribution in [2.45, 2.75) is 6.54 Å². The molecule has 0 aliphatic carbocycles. The molecule has 2 aromatic heterocycles. The monoisotopic (exact) mass is 317 g/mol. The Balaban J connectivity index is 1.73. The number of benzene rings is 1. The van der Waals surface area contributed by atoms with Crippen LogP contribution in [-0.2, 0) is 6.54 Å². The number of carbonyl (C=O) groups is 1. The molecule has 0 spiro atoms. The Morgan fingerprint density at radius 2 is 2.32 bits per heavy atom. The molecule has 1 aromatic carbocycles. The number of nitro groups is 1. The summed E-state index contributed by atoms with van der Waals surface area (Å²) < 4.78 is 1.86. The third-order valence-corrected chi connectivity index (χ3v) is 3.83. The van der Waals surface area contributed by atoms with Crippen LogP contribution in [0.1, 0.15) is 16.1 Å². The summed E-state index contributed by atoms with van der Waals surface area (Å²) >= 11 is 1.50. The first kappa shape index (κ1) is 14.0. The zero-order valence-electron chi connectivity index (χ0n) is 11.2. The molecule has 8 nitrogen and oxygen atoms in total. The van der Waals surface area contributed by atoms with Gasteiger partial charge in [0.2, 0.25) is 0 Å². The number of rotatable bonds is 4. The number of nitrogens with one attached hydrogen (secondary N) is 1. The summed E-state index contributed by atoms with van der Waals surface area (Å²) in [5, 5.41) is 15.4. The number of carbonyl (C=O) groups excluding carboxylic acids is 1. The number of aromatic nitrogens is 2. The predicted octanol–water partition coefficient (Wildman–Crippen LogP) is 1.82. The molecule has 112 valence electrons. The zero-order chi connectivity index (χ0) is 15.7. The quantitative estimate of drug-likeness (QED) is 0.432. The van der Waals surface area contributed by atoms with Crippen molar-refractivity contribution in [2.75, 3.05) is 5.73 Å². The minimum absolute atomic E-state index is 0.0240. The highest BCUT2D eigenvalue weighted by molar-refractivity contribution is 7.15. The highest BCUT2D eigenvalue weighted by Gasteiger charge is 2.15. The van der Waals surface area contributed by atoms with Crippen LogP contribution >= 0.6 is 11.3 Å². The van der Waals surface area contributed by atoms with Crippen LogP contribution in [0.5, 0.6) is 0 Å². The Morgan fingerprint density at radius 3 is 3.05 bits per heavy atom. The van der Waals surface area contributed by atoms with E-state index >= 15 is 0 Å². The van der Waals surface area contributed by atoms with Crippen molar-refractivity contribution in [3.05, 3.63) is 57.3 Å². The number of imidazole rings is 1. The molecule has 0 radical (unpaired) electrons. The summed E-state index contributed by atoms with van der Waals surface area (Å²) in [6, 6.07) is 3.96. The smallest absolute Gasteiger partial charge is 0.292 e. The van der Waals surface area contributed by atoms with Crippen molar-refractivity contribution in [3.63, 3.8) is 0 Å². The van der Waals surface area contributed by atoms with Crippen molar-refractivity contribution in [1.82, 2.24) is 14.7 Å². The van der Waals surface area contributed by atoms with Gasteiger partial charge in [-0.25, -0.2) is 4.98 Å². The van der Waals surface area contributed by atoms with Gasteiger partial charge in [-0.3, -0.25) is 19.3 Å². The number of amides is 1. The minimum Gasteiger partial charge on any atom is -0.393 e. The standard InChI is InChI=1S/C13H11N5O3S/c14-10-2-1-8(5-11(10)18(20)21)12(19)15-6-9-7-17-3-4-22-13(17)16-9/h1-5,7H,6,14H2,(H,15,19). The van der Waals surface area contributed by atoms with E-state index in [9.17, 15) is 14.9 Å². The van der Waals surface area contributed by atoms with Crippen LogP contribution in [0.4, 0.5) is 11.4 Å². The van der Waals surface area contributed by atoms with Crippen LogP contribution in [0.25, 0.3) is 4.96 Å². The van der Waals surface area contributed by atoms with Gasteiger partial charge >= 0.3 is 0 Å². The molecule has 0 fully saturated rings. The molecular weight excluding hydrogens is 306 g/mol. The van der Waals surface area contributed by atoms with Crippen molar-refractivity contribution >= 4 is 33.6 Å². The van der Waals surface area contributed by atoms with E-state index in [1.165, 1.54) is 23.5 Å². The lowest BCUT2D eigenvalue weighted by Gasteiger charge is -2.04. The predicted molar refractivity (Wildman–Crippen MR) is 81.7 cm³/mol. The van der Waals surface area contributed by atoms with Gasteiger partial charge in [-0.05, 0) is 12.1 Å². The number of nitro benzene ring substituents is 1. The van der Waals surface area contributed by atoms with E-state index < -0.39 is 10.8 Å². The lowest BCUT2D eigenvalue weighted by atomic mass is 10.1. The van der Waals surface area contributed by atoms with Crippen LogP contribution in [0.15, 0.2) is 36.0 Å². The average Bonchev–Trinajstić information content (AvgIpc) is 3.05.